The fourth-order valence-corrected chi connectivity index (χ4v) is 2.46. The summed E-state index contributed by atoms with van der Waals surface area (Å²) < 4.78 is 11.2. The van der Waals surface area contributed by atoms with Gasteiger partial charge in [-0.2, -0.15) is 5.26 Å². The van der Waals surface area contributed by atoms with Crippen molar-refractivity contribution in [2.24, 2.45) is 0 Å². The van der Waals surface area contributed by atoms with E-state index in [1.165, 1.54) is 4.90 Å². The Labute approximate surface area is 163 Å². The Balaban J connectivity index is 2.38. The van der Waals surface area contributed by atoms with Crippen LogP contribution in [-0.2, 0) is 4.79 Å². The Kier molecular flexibility index (Phi) is 7.21. The molecule has 1 aromatic heterocycles. The van der Waals surface area contributed by atoms with E-state index < -0.39 is 0 Å². The molecular formula is C20H20ClN3O3. The Morgan fingerprint density at radius 1 is 1.33 bits per heavy atom. The number of carbonyl (C=O) groups excluding carboxylic acids is 1. The molecule has 2 rings (SSSR count). The summed E-state index contributed by atoms with van der Waals surface area (Å²) in [4.78, 5) is 17.4. The van der Waals surface area contributed by atoms with Crippen LogP contribution in [0.25, 0.3) is 11.6 Å². The molecule has 0 bridgehead atoms. The van der Waals surface area contributed by atoms with Crippen molar-refractivity contribution in [3.8, 4) is 17.6 Å². The van der Waals surface area contributed by atoms with Crippen molar-refractivity contribution in [2.75, 3.05) is 27.3 Å². The summed E-state index contributed by atoms with van der Waals surface area (Å²) in [6.07, 6.45) is 3.29. The maximum absolute atomic E-state index is 11.8. The van der Waals surface area contributed by atoms with Crippen molar-refractivity contribution < 1.29 is 14.3 Å². The van der Waals surface area contributed by atoms with Crippen LogP contribution in [0.15, 0.2) is 36.5 Å². The summed E-state index contributed by atoms with van der Waals surface area (Å²) in [5, 5.41) is 9.73. The number of hydrogen-bond acceptors (Lipinski definition) is 5. The molecule has 140 valence electrons. The van der Waals surface area contributed by atoms with Crippen LogP contribution >= 0.6 is 11.6 Å². The number of nitriles is 1. The molecule has 6 nitrogen and oxygen atoms in total. The summed E-state index contributed by atoms with van der Waals surface area (Å²) in [5.41, 5.74) is 1.62. The quantitative estimate of drug-likeness (QED) is 0.680. The van der Waals surface area contributed by atoms with Gasteiger partial charge in [0.2, 0.25) is 0 Å². The van der Waals surface area contributed by atoms with Crippen molar-refractivity contribution in [3.05, 3.63) is 52.8 Å². The molecule has 0 aliphatic carbocycles. The number of allylic oxidation sites excluding steroid dienone is 1. The number of halogens is 1. The monoisotopic (exact) mass is 385 g/mol. The molecule has 7 heteroatoms. The number of rotatable bonds is 7. The molecule has 0 unspecified atom stereocenters. The second kappa shape index (κ2) is 9.60. The predicted molar refractivity (Wildman–Crippen MR) is 105 cm³/mol. The highest BCUT2D eigenvalue weighted by Gasteiger charge is 2.15. The molecule has 2 aromatic rings. The maximum atomic E-state index is 11.8. The van der Waals surface area contributed by atoms with Crippen LogP contribution < -0.4 is 9.47 Å². The van der Waals surface area contributed by atoms with Crippen LogP contribution in [0.3, 0.4) is 0 Å². The van der Waals surface area contributed by atoms with E-state index in [1.807, 2.05) is 13.0 Å². The Bertz CT molecular complexity index is 874. The Morgan fingerprint density at radius 3 is 2.70 bits per heavy atom. The fraction of sp³-hybridized carbons (Fsp3) is 0.250. The van der Waals surface area contributed by atoms with E-state index in [0.29, 0.717) is 34.9 Å². The Hall–Kier alpha value is -3.04. The van der Waals surface area contributed by atoms with Gasteiger partial charge in [0.25, 0.3) is 5.91 Å². The van der Waals surface area contributed by atoms with Gasteiger partial charge in [-0.05, 0) is 42.8 Å². The van der Waals surface area contributed by atoms with Gasteiger partial charge in [-0.1, -0.05) is 17.7 Å². The van der Waals surface area contributed by atoms with E-state index in [1.54, 1.807) is 50.6 Å². The van der Waals surface area contributed by atoms with Crippen molar-refractivity contribution in [1.82, 2.24) is 9.88 Å². The smallest absolute Gasteiger partial charge is 0.259 e. The van der Waals surface area contributed by atoms with Crippen molar-refractivity contribution in [3.63, 3.8) is 0 Å². The highest BCUT2D eigenvalue weighted by molar-refractivity contribution is 6.32. The first-order valence-electron chi connectivity index (χ1n) is 8.28. The summed E-state index contributed by atoms with van der Waals surface area (Å²) in [6, 6.07) is 10.9. The molecule has 0 radical (unpaired) electrons. The zero-order valence-electron chi connectivity index (χ0n) is 15.4. The summed E-state index contributed by atoms with van der Waals surface area (Å²) >= 11 is 6.35. The molecule has 1 heterocycles. The number of nitrogens with zero attached hydrogens (tertiary/aromatic N) is 3. The summed E-state index contributed by atoms with van der Waals surface area (Å²) in [6.45, 7) is 2.08. The SMILES string of the molecule is CCOc1cc(/C=C(\C#N)c2ccccn2)cc(Cl)c1OCC(=O)N(C)C. The maximum Gasteiger partial charge on any atom is 0.259 e. The lowest BCUT2D eigenvalue weighted by atomic mass is 10.1. The van der Waals surface area contributed by atoms with Crippen LogP contribution in [0.1, 0.15) is 18.2 Å². The second-order valence-corrected chi connectivity index (χ2v) is 6.13. The first-order chi connectivity index (χ1) is 13.0. The van der Waals surface area contributed by atoms with E-state index in [9.17, 15) is 10.1 Å². The highest BCUT2D eigenvalue weighted by atomic mass is 35.5. The van der Waals surface area contributed by atoms with Gasteiger partial charge < -0.3 is 14.4 Å². The minimum absolute atomic E-state index is 0.153. The molecule has 0 N–H and O–H groups in total. The van der Waals surface area contributed by atoms with E-state index in [0.717, 1.165) is 0 Å². The van der Waals surface area contributed by atoms with Gasteiger partial charge in [0, 0.05) is 20.3 Å². The summed E-state index contributed by atoms with van der Waals surface area (Å²) in [7, 11) is 3.29. The predicted octanol–water partition coefficient (Wildman–Crippen LogP) is 3.66. The van der Waals surface area contributed by atoms with Gasteiger partial charge in [0.05, 0.1) is 22.9 Å². The number of benzene rings is 1. The van der Waals surface area contributed by atoms with Crippen molar-refractivity contribution in [2.45, 2.75) is 6.92 Å². The number of amides is 1. The number of carbonyl (C=O) groups is 1. The number of hydrogen-bond donors (Lipinski definition) is 0. The zero-order chi connectivity index (χ0) is 19.8. The average Bonchev–Trinajstić information content (AvgIpc) is 2.66. The molecule has 1 aromatic carbocycles. The lowest BCUT2D eigenvalue weighted by Gasteiger charge is -2.16. The van der Waals surface area contributed by atoms with Gasteiger partial charge in [0.1, 0.15) is 6.07 Å². The second-order valence-electron chi connectivity index (χ2n) is 5.72. The molecule has 0 saturated heterocycles. The lowest BCUT2D eigenvalue weighted by molar-refractivity contribution is -0.130. The van der Waals surface area contributed by atoms with E-state index in [-0.39, 0.29) is 17.5 Å². The van der Waals surface area contributed by atoms with Crippen molar-refractivity contribution in [1.29, 1.82) is 5.26 Å². The molecule has 0 aliphatic rings. The zero-order valence-corrected chi connectivity index (χ0v) is 16.2. The normalized spacial score (nSPS) is 10.9. The fourth-order valence-electron chi connectivity index (χ4n) is 2.19. The number of pyridine rings is 1. The number of ether oxygens (including phenoxy) is 2. The van der Waals surface area contributed by atoms with Gasteiger partial charge >= 0.3 is 0 Å². The standard InChI is InChI=1S/C20H20ClN3O3/c1-4-26-18-11-14(9-15(12-22)17-7-5-6-8-23-17)10-16(21)20(18)27-13-19(25)24(2)3/h5-11H,4,13H2,1-3H3/b15-9+. The topological polar surface area (TPSA) is 75.5 Å². The third-order valence-corrected chi connectivity index (χ3v) is 3.82. The molecule has 0 aliphatic heterocycles. The van der Waals surface area contributed by atoms with E-state index in [4.69, 9.17) is 21.1 Å². The largest absolute Gasteiger partial charge is 0.490 e. The minimum Gasteiger partial charge on any atom is -0.490 e. The highest BCUT2D eigenvalue weighted by Crippen LogP contribution is 2.37. The van der Waals surface area contributed by atoms with E-state index in [2.05, 4.69) is 11.1 Å². The minimum atomic E-state index is -0.195. The third-order valence-electron chi connectivity index (χ3n) is 3.54. The average molecular weight is 386 g/mol. The molecule has 0 fully saturated rings. The molecule has 0 atom stereocenters. The Morgan fingerprint density at radius 2 is 2.11 bits per heavy atom. The molecule has 0 spiro atoms. The molecule has 0 saturated carbocycles. The van der Waals surface area contributed by atoms with Crippen LogP contribution in [0.2, 0.25) is 5.02 Å². The molecule has 27 heavy (non-hydrogen) atoms. The summed E-state index contributed by atoms with van der Waals surface area (Å²) in [5.74, 6) is 0.503. The van der Waals surface area contributed by atoms with Crippen LogP contribution in [0.5, 0.6) is 11.5 Å². The van der Waals surface area contributed by atoms with Gasteiger partial charge in [0.15, 0.2) is 18.1 Å². The molecule has 1 amide bonds. The number of likely N-dealkylation sites (N-methyl/N-ethyl adjacent to an activating group) is 1. The van der Waals surface area contributed by atoms with Crippen molar-refractivity contribution >= 4 is 29.2 Å². The van der Waals surface area contributed by atoms with Gasteiger partial charge in [-0.15, -0.1) is 0 Å². The van der Waals surface area contributed by atoms with Crippen LogP contribution in [0, 0.1) is 11.3 Å². The van der Waals surface area contributed by atoms with Crippen LogP contribution in [-0.4, -0.2) is 43.1 Å². The lowest BCUT2D eigenvalue weighted by Crippen LogP contribution is -2.27. The molecular weight excluding hydrogens is 366 g/mol. The first kappa shape index (κ1) is 20.3. The van der Waals surface area contributed by atoms with Gasteiger partial charge in [-0.25, -0.2) is 0 Å². The third kappa shape index (κ3) is 5.47. The number of aromatic nitrogens is 1. The van der Waals surface area contributed by atoms with Gasteiger partial charge in [-0.3, -0.25) is 9.78 Å². The first-order valence-corrected chi connectivity index (χ1v) is 8.66. The van der Waals surface area contributed by atoms with E-state index >= 15 is 0 Å². The van der Waals surface area contributed by atoms with Crippen LogP contribution in [0.4, 0.5) is 0 Å².